The third kappa shape index (κ3) is 5.59. The van der Waals surface area contributed by atoms with Crippen molar-refractivity contribution in [3.8, 4) is 11.3 Å². The lowest BCUT2D eigenvalue weighted by Crippen LogP contribution is -2.47. The maximum absolute atomic E-state index is 14.3. The Bertz CT molecular complexity index is 1080. The Balaban J connectivity index is 1.59. The van der Waals surface area contributed by atoms with E-state index in [0.29, 0.717) is 30.0 Å². The summed E-state index contributed by atoms with van der Waals surface area (Å²) >= 11 is 0. The highest BCUT2D eigenvalue weighted by molar-refractivity contribution is 5.88. The van der Waals surface area contributed by atoms with Gasteiger partial charge in [-0.25, -0.2) is 18.7 Å². The molecular weight excluding hydrogens is 438 g/mol. The molecule has 1 unspecified atom stereocenters. The first-order valence-electron chi connectivity index (χ1n) is 11.8. The van der Waals surface area contributed by atoms with Gasteiger partial charge in [-0.3, -0.25) is 4.98 Å². The Kier molecular flexibility index (Phi) is 7.84. The molecule has 1 aliphatic heterocycles. The van der Waals surface area contributed by atoms with Crippen molar-refractivity contribution in [2.45, 2.75) is 25.7 Å². The fourth-order valence-electron chi connectivity index (χ4n) is 4.25. The molecule has 0 bridgehead atoms. The highest BCUT2D eigenvalue weighted by Gasteiger charge is 2.41. The summed E-state index contributed by atoms with van der Waals surface area (Å²) in [5.41, 5.74) is 4.00. The van der Waals surface area contributed by atoms with Crippen LogP contribution in [0.25, 0.3) is 22.3 Å². The molecule has 0 amide bonds. The third-order valence-electron chi connectivity index (χ3n) is 6.18. The Morgan fingerprint density at radius 1 is 1.18 bits per heavy atom. The van der Waals surface area contributed by atoms with Crippen molar-refractivity contribution in [2.75, 3.05) is 56.7 Å². The van der Waals surface area contributed by atoms with Gasteiger partial charge in [0.25, 0.3) is 5.92 Å². The standard InChI is InChI=1S/C25H32F2N6O/c1-3-12-33(13-14-34-2)20-6-4-18(5-7-20)21-15-22-23(30-11-10-29-22)24(32-21)31-17-19-16-28-9-8-25(19,26)27/h4-7,10-11,15,19,28H,3,8-9,12-14,16-17H2,1-2H3,(H,31,32). The summed E-state index contributed by atoms with van der Waals surface area (Å²) in [5, 5.41) is 6.19. The van der Waals surface area contributed by atoms with Crippen LogP contribution in [0.3, 0.4) is 0 Å². The first kappa shape index (κ1) is 24.2. The van der Waals surface area contributed by atoms with Gasteiger partial charge >= 0.3 is 0 Å². The van der Waals surface area contributed by atoms with Crippen LogP contribution in [0, 0.1) is 5.92 Å². The highest BCUT2D eigenvalue weighted by Crippen LogP contribution is 2.32. The van der Waals surface area contributed by atoms with Crippen molar-refractivity contribution < 1.29 is 13.5 Å². The normalized spacial score (nSPS) is 17.6. The SMILES string of the molecule is CCCN(CCOC)c1ccc(-c2cc3nccnc3c(NCC3CNCCC3(F)F)n2)cc1. The van der Waals surface area contributed by atoms with Gasteiger partial charge in [-0.15, -0.1) is 0 Å². The molecule has 9 heteroatoms. The zero-order chi connectivity index (χ0) is 24.0. The van der Waals surface area contributed by atoms with Crippen LogP contribution < -0.4 is 15.5 Å². The van der Waals surface area contributed by atoms with Crippen LogP contribution in [0.15, 0.2) is 42.7 Å². The van der Waals surface area contributed by atoms with Gasteiger partial charge in [0.05, 0.1) is 23.7 Å². The van der Waals surface area contributed by atoms with E-state index >= 15 is 0 Å². The molecule has 0 aliphatic carbocycles. The number of alkyl halides is 2. The molecule has 7 nitrogen and oxygen atoms in total. The molecular formula is C25H32F2N6O. The minimum atomic E-state index is -2.71. The minimum Gasteiger partial charge on any atom is -0.383 e. The van der Waals surface area contributed by atoms with E-state index in [4.69, 9.17) is 9.72 Å². The number of pyridine rings is 1. The van der Waals surface area contributed by atoms with Gasteiger partial charge in [-0.1, -0.05) is 19.1 Å². The quantitative estimate of drug-likeness (QED) is 0.460. The van der Waals surface area contributed by atoms with Crippen molar-refractivity contribution in [1.82, 2.24) is 20.3 Å². The average molecular weight is 471 g/mol. The maximum Gasteiger partial charge on any atom is 0.255 e. The zero-order valence-electron chi connectivity index (χ0n) is 19.7. The number of methoxy groups -OCH3 is 1. The number of halogens is 2. The smallest absolute Gasteiger partial charge is 0.255 e. The van der Waals surface area contributed by atoms with Crippen molar-refractivity contribution in [3.63, 3.8) is 0 Å². The van der Waals surface area contributed by atoms with Crippen LogP contribution in [0.1, 0.15) is 19.8 Å². The second-order valence-corrected chi connectivity index (χ2v) is 8.60. The maximum atomic E-state index is 14.3. The monoisotopic (exact) mass is 470 g/mol. The molecule has 182 valence electrons. The number of rotatable bonds is 10. The molecule has 1 fully saturated rings. The summed E-state index contributed by atoms with van der Waals surface area (Å²) in [6.07, 6.45) is 4.10. The summed E-state index contributed by atoms with van der Waals surface area (Å²) in [6, 6.07) is 10.1. The Morgan fingerprint density at radius 3 is 2.71 bits per heavy atom. The van der Waals surface area contributed by atoms with Crippen molar-refractivity contribution >= 4 is 22.5 Å². The lowest BCUT2D eigenvalue weighted by molar-refractivity contribution is -0.0728. The van der Waals surface area contributed by atoms with E-state index in [9.17, 15) is 8.78 Å². The van der Waals surface area contributed by atoms with E-state index in [0.717, 1.165) is 36.5 Å². The second kappa shape index (κ2) is 11.0. The van der Waals surface area contributed by atoms with Crippen molar-refractivity contribution in [2.24, 2.45) is 5.92 Å². The van der Waals surface area contributed by atoms with Crippen molar-refractivity contribution in [1.29, 1.82) is 0 Å². The van der Waals surface area contributed by atoms with Crippen LogP contribution in [0.4, 0.5) is 20.3 Å². The molecule has 0 saturated carbocycles. The van der Waals surface area contributed by atoms with Crippen LogP contribution in [0.2, 0.25) is 0 Å². The number of aromatic nitrogens is 3. The predicted octanol–water partition coefficient (Wildman–Crippen LogP) is 4.21. The number of nitrogens with one attached hydrogen (secondary N) is 2. The summed E-state index contributed by atoms with van der Waals surface area (Å²) < 4.78 is 33.9. The number of hydrogen-bond acceptors (Lipinski definition) is 7. The van der Waals surface area contributed by atoms with Crippen LogP contribution in [0.5, 0.6) is 0 Å². The van der Waals surface area contributed by atoms with Gasteiger partial charge in [0, 0.05) is 69.9 Å². The van der Waals surface area contributed by atoms with Gasteiger partial charge in [0.2, 0.25) is 0 Å². The topological polar surface area (TPSA) is 75.2 Å². The van der Waals surface area contributed by atoms with Crippen molar-refractivity contribution in [3.05, 3.63) is 42.7 Å². The van der Waals surface area contributed by atoms with E-state index in [1.807, 2.05) is 18.2 Å². The van der Waals surface area contributed by atoms with Gasteiger partial charge in [0.1, 0.15) is 5.52 Å². The number of nitrogens with zero attached hydrogens (tertiary/aromatic N) is 4. The van der Waals surface area contributed by atoms with E-state index in [-0.39, 0.29) is 19.5 Å². The molecule has 4 rings (SSSR count). The molecule has 0 spiro atoms. The van der Waals surface area contributed by atoms with E-state index in [2.05, 4.69) is 44.6 Å². The van der Waals surface area contributed by atoms with Gasteiger partial charge in [0.15, 0.2) is 5.82 Å². The molecule has 1 aliphatic rings. The Morgan fingerprint density at radius 2 is 1.97 bits per heavy atom. The summed E-state index contributed by atoms with van der Waals surface area (Å²) in [4.78, 5) is 15.9. The Labute approximate surface area is 199 Å². The van der Waals surface area contributed by atoms with E-state index in [1.54, 1.807) is 19.5 Å². The van der Waals surface area contributed by atoms with Gasteiger partial charge < -0.3 is 20.3 Å². The Hall–Kier alpha value is -2.91. The predicted molar refractivity (Wildman–Crippen MR) is 132 cm³/mol. The number of ether oxygens (including phenoxy) is 1. The first-order valence-corrected chi connectivity index (χ1v) is 11.8. The zero-order valence-corrected chi connectivity index (χ0v) is 19.7. The number of benzene rings is 1. The third-order valence-corrected chi connectivity index (χ3v) is 6.18. The fraction of sp³-hybridized carbons (Fsp3) is 0.480. The number of piperidine rings is 1. The number of fused-ring (bicyclic) bond motifs is 1. The molecule has 0 radical (unpaired) electrons. The average Bonchev–Trinajstić information content (AvgIpc) is 2.85. The lowest BCUT2D eigenvalue weighted by Gasteiger charge is -2.32. The molecule has 3 heterocycles. The molecule has 2 N–H and O–H groups in total. The summed E-state index contributed by atoms with van der Waals surface area (Å²) in [5.74, 6) is -3.05. The number of hydrogen-bond donors (Lipinski definition) is 2. The summed E-state index contributed by atoms with van der Waals surface area (Å²) in [7, 11) is 1.71. The highest BCUT2D eigenvalue weighted by atomic mass is 19.3. The molecule has 3 aromatic rings. The van der Waals surface area contributed by atoms with Gasteiger partial charge in [-0.05, 0) is 24.6 Å². The fourth-order valence-corrected chi connectivity index (χ4v) is 4.25. The van der Waals surface area contributed by atoms with E-state index in [1.165, 1.54) is 0 Å². The largest absolute Gasteiger partial charge is 0.383 e. The molecule has 2 aromatic heterocycles. The van der Waals surface area contributed by atoms with Crippen LogP contribution >= 0.6 is 0 Å². The van der Waals surface area contributed by atoms with Gasteiger partial charge in [-0.2, -0.15) is 0 Å². The van der Waals surface area contributed by atoms with Crippen LogP contribution in [-0.4, -0.2) is 67.3 Å². The molecule has 1 aromatic carbocycles. The van der Waals surface area contributed by atoms with E-state index < -0.39 is 11.8 Å². The molecule has 34 heavy (non-hydrogen) atoms. The number of anilines is 2. The second-order valence-electron chi connectivity index (χ2n) is 8.60. The first-order chi connectivity index (χ1) is 16.5. The summed E-state index contributed by atoms with van der Waals surface area (Å²) in [6.45, 7) is 5.29. The minimum absolute atomic E-state index is 0.104. The molecule has 1 saturated heterocycles. The molecule has 1 atom stereocenters. The lowest BCUT2D eigenvalue weighted by atomic mass is 9.95. The van der Waals surface area contributed by atoms with Crippen LogP contribution in [-0.2, 0) is 4.74 Å².